The van der Waals surface area contributed by atoms with Gasteiger partial charge in [-0.15, -0.1) is 0 Å². The molecule has 0 unspecified atom stereocenters. The van der Waals surface area contributed by atoms with Gasteiger partial charge in [0.05, 0.1) is 5.41 Å². The lowest BCUT2D eigenvalue weighted by atomic mass is 9.33. The lowest BCUT2D eigenvalue weighted by Gasteiger charge is -2.72. The Balaban J connectivity index is 1.30. The van der Waals surface area contributed by atoms with Crippen LogP contribution < -0.4 is 10.9 Å². The summed E-state index contributed by atoms with van der Waals surface area (Å²) in [5, 5.41) is 0.566. The van der Waals surface area contributed by atoms with E-state index in [9.17, 15) is 14.4 Å². The van der Waals surface area contributed by atoms with Crippen LogP contribution in [0.2, 0.25) is 5.02 Å². The summed E-state index contributed by atoms with van der Waals surface area (Å²) in [7, 11) is 0. The van der Waals surface area contributed by atoms with Crippen molar-refractivity contribution in [3.05, 3.63) is 46.0 Å². The minimum absolute atomic E-state index is 0.0226. The molecule has 0 aromatic heterocycles. The number of ether oxygens (including phenoxy) is 1. The van der Waals surface area contributed by atoms with E-state index in [4.69, 9.17) is 16.3 Å². The van der Waals surface area contributed by atoms with Gasteiger partial charge in [0.25, 0.3) is 5.91 Å². The maximum Gasteiger partial charge on any atom is 0.302 e. The first kappa shape index (κ1) is 33.6. The van der Waals surface area contributed by atoms with E-state index in [1.807, 2.05) is 0 Å². The van der Waals surface area contributed by atoms with Crippen LogP contribution in [0, 0.1) is 50.7 Å². The standard InChI is InChI=1S/C39H55ClN2O4/c1-23(2)27-15-20-39(34(45)42-41-33(44)25-9-11-26(40)12-10-25)22-21-37(7)28(32(27)39)13-14-30-36(6)18-17-31(46-24(3)43)35(4,5)29(36)16-19-38(30,37)8/h9-12,23,28-31H,13-22H2,1-8H3,(H,41,44)(H,42,45)/t28-,29+,30-,31+,36+,37-,38-,39+/m1/s1. The van der Waals surface area contributed by atoms with Gasteiger partial charge in [-0.05, 0) is 128 Å². The SMILES string of the molecule is CC(=O)O[C@H]1CC[C@]2(C)[C@H]3CC[C@@H]4C5=C(C(C)C)CC[C@]5(C(=O)NNC(=O)c5ccc(Cl)cc5)CC[C@@]4(C)[C@]3(C)CC[C@H]2C1(C)C. The topological polar surface area (TPSA) is 84.5 Å². The van der Waals surface area contributed by atoms with Gasteiger partial charge < -0.3 is 4.74 Å². The minimum atomic E-state index is -0.578. The van der Waals surface area contributed by atoms with Crippen LogP contribution in [-0.2, 0) is 14.3 Å². The van der Waals surface area contributed by atoms with Gasteiger partial charge in [0.2, 0.25) is 5.91 Å². The number of esters is 1. The van der Waals surface area contributed by atoms with Crippen molar-refractivity contribution in [3.63, 3.8) is 0 Å². The molecule has 5 aliphatic rings. The molecule has 0 radical (unpaired) electrons. The summed E-state index contributed by atoms with van der Waals surface area (Å²) >= 11 is 6.02. The van der Waals surface area contributed by atoms with Crippen LogP contribution >= 0.6 is 11.6 Å². The second-order valence-electron chi connectivity index (χ2n) is 17.2. The number of hydrazine groups is 1. The molecule has 8 atom stereocenters. The second-order valence-corrected chi connectivity index (χ2v) is 17.6. The monoisotopic (exact) mass is 650 g/mol. The number of hydrogen-bond acceptors (Lipinski definition) is 4. The first-order valence-electron chi connectivity index (χ1n) is 17.8. The minimum Gasteiger partial charge on any atom is -0.462 e. The fourth-order valence-electron chi connectivity index (χ4n) is 12.3. The maximum atomic E-state index is 14.3. The molecule has 6 rings (SSSR count). The van der Waals surface area contributed by atoms with E-state index in [0.29, 0.717) is 34.3 Å². The molecule has 46 heavy (non-hydrogen) atoms. The molecule has 1 aromatic carbocycles. The highest BCUT2D eigenvalue weighted by Crippen LogP contribution is 2.77. The van der Waals surface area contributed by atoms with Crippen LogP contribution in [0.25, 0.3) is 0 Å². The summed E-state index contributed by atoms with van der Waals surface area (Å²) in [6.07, 6.45) is 10.2. The highest BCUT2D eigenvalue weighted by Gasteiger charge is 2.70. The van der Waals surface area contributed by atoms with E-state index in [1.54, 1.807) is 31.2 Å². The predicted octanol–water partition coefficient (Wildman–Crippen LogP) is 8.83. The van der Waals surface area contributed by atoms with Crippen molar-refractivity contribution in [1.82, 2.24) is 10.9 Å². The van der Waals surface area contributed by atoms with Crippen molar-refractivity contribution in [2.75, 3.05) is 0 Å². The van der Waals surface area contributed by atoms with Crippen LogP contribution in [0.3, 0.4) is 0 Å². The zero-order valence-electron chi connectivity index (χ0n) is 29.3. The molecule has 6 nitrogen and oxygen atoms in total. The number of hydrogen-bond donors (Lipinski definition) is 2. The van der Waals surface area contributed by atoms with Gasteiger partial charge in [-0.1, -0.05) is 71.2 Å². The van der Waals surface area contributed by atoms with Gasteiger partial charge >= 0.3 is 5.97 Å². The number of fused-ring (bicyclic) bond motifs is 7. The van der Waals surface area contributed by atoms with E-state index in [-0.39, 0.29) is 45.5 Å². The molecule has 0 aliphatic heterocycles. The van der Waals surface area contributed by atoms with E-state index >= 15 is 0 Å². The lowest BCUT2D eigenvalue weighted by Crippen LogP contribution is -2.66. The number of halogens is 1. The Labute approximate surface area is 281 Å². The van der Waals surface area contributed by atoms with Crippen molar-refractivity contribution in [1.29, 1.82) is 0 Å². The van der Waals surface area contributed by atoms with Crippen LogP contribution in [0.15, 0.2) is 35.4 Å². The first-order valence-corrected chi connectivity index (χ1v) is 18.2. The Bertz CT molecular complexity index is 1450. The molecule has 2 amide bonds. The van der Waals surface area contributed by atoms with Gasteiger partial charge in [-0.25, -0.2) is 0 Å². The zero-order chi connectivity index (χ0) is 33.4. The third-order valence-corrected chi connectivity index (χ3v) is 15.0. The smallest absolute Gasteiger partial charge is 0.302 e. The number of allylic oxidation sites excluding steroid dienone is 1. The van der Waals surface area contributed by atoms with Crippen molar-refractivity contribution < 1.29 is 19.1 Å². The number of nitrogens with one attached hydrogen (secondary N) is 2. The summed E-state index contributed by atoms with van der Waals surface area (Å²) in [4.78, 5) is 39.3. The molecule has 1 aromatic rings. The van der Waals surface area contributed by atoms with Gasteiger partial charge in [-0.2, -0.15) is 0 Å². The number of benzene rings is 1. The predicted molar refractivity (Wildman–Crippen MR) is 182 cm³/mol. The first-order chi connectivity index (χ1) is 21.5. The molecule has 2 N–H and O–H groups in total. The Morgan fingerprint density at radius 1 is 0.826 bits per heavy atom. The van der Waals surface area contributed by atoms with E-state index in [0.717, 1.165) is 57.8 Å². The Morgan fingerprint density at radius 2 is 1.52 bits per heavy atom. The Hall–Kier alpha value is -2.34. The fourth-order valence-corrected chi connectivity index (χ4v) is 12.4. The van der Waals surface area contributed by atoms with Crippen LogP contribution in [-0.4, -0.2) is 23.9 Å². The van der Waals surface area contributed by atoms with Gasteiger partial charge in [0.1, 0.15) is 6.10 Å². The second kappa shape index (κ2) is 11.4. The van der Waals surface area contributed by atoms with E-state index in [2.05, 4.69) is 59.3 Å². The Kier molecular flexibility index (Phi) is 8.30. The summed E-state index contributed by atoms with van der Waals surface area (Å²) < 4.78 is 5.93. The average Bonchev–Trinajstić information content (AvgIpc) is 3.39. The van der Waals surface area contributed by atoms with Crippen molar-refractivity contribution in [2.24, 2.45) is 50.7 Å². The number of rotatable bonds is 4. The number of carbonyl (C=O) groups excluding carboxylic acids is 3. The fraction of sp³-hybridized carbons (Fsp3) is 0.718. The molecule has 0 saturated heterocycles. The number of carbonyl (C=O) groups is 3. The normalized spacial score (nSPS) is 39.4. The average molecular weight is 651 g/mol. The molecule has 0 heterocycles. The largest absolute Gasteiger partial charge is 0.462 e. The molecule has 4 fully saturated rings. The number of amides is 2. The summed E-state index contributed by atoms with van der Waals surface area (Å²) in [5.74, 6) is 1.26. The third kappa shape index (κ3) is 4.81. The van der Waals surface area contributed by atoms with Crippen molar-refractivity contribution in [2.45, 2.75) is 126 Å². The molecule has 5 aliphatic carbocycles. The lowest BCUT2D eigenvalue weighted by molar-refractivity contribution is -0.232. The van der Waals surface area contributed by atoms with Crippen molar-refractivity contribution in [3.8, 4) is 0 Å². The molecule has 4 saturated carbocycles. The highest BCUT2D eigenvalue weighted by atomic mass is 35.5. The van der Waals surface area contributed by atoms with Crippen LogP contribution in [0.5, 0.6) is 0 Å². The van der Waals surface area contributed by atoms with Crippen molar-refractivity contribution >= 4 is 29.4 Å². The molecular weight excluding hydrogens is 596 g/mol. The van der Waals surface area contributed by atoms with Gasteiger partial charge in [0, 0.05) is 22.9 Å². The third-order valence-electron chi connectivity index (χ3n) is 14.7. The Morgan fingerprint density at radius 3 is 2.17 bits per heavy atom. The molecule has 0 spiro atoms. The molecular formula is C39H55ClN2O4. The molecule has 252 valence electrons. The quantitative estimate of drug-likeness (QED) is 0.194. The molecule has 0 bridgehead atoms. The van der Waals surface area contributed by atoms with Crippen LogP contribution in [0.1, 0.15) is 130 Å². The van der Waals surface area contributed by atoms with Gasteiger partial charge in [0.15, 0.2) is 0 Å². The zero-order valence-corrected chi connectivity index (χ0v) is 30.0. The highest BCUT2D eigenvalue weighted by molar-refractivity contribution is 6.30. The van der Waals surface area contributed by atoms with E-state index < -0.39 is 5.41 Å². The summed E-state index contributed by atoms with van der Waals surface area (Å²) in [6, 6.07) is 6.71. The van der Waals surface area contributed by atoms with Crippen LogP contribution in [0.4, 0.5) is 0 Å². The van der Waals surface area contributed by atoms with Gasteiger partial charge in [-0.3, -0.25) is 25.2 Å². The summed E-state index contributed by atoms with van der Waals surface area (Å²) in [6.45, 7) is 18.5. The molecule has 7 heteroatoms. The summed E-state index contributed by atoms with van der Waals surface area (Å²) in [5.41, 5.74) is 8.72. The van der Waals surface area contributed by atoms with E-state index in [1.165, 1.54) is 17.6 Å². The maximum absolute atomic E-state index is 14.3.